The molecule has 3 heteroatoms. The van der Waals surface area contributed by atoms with E-state index in [1.165, 1.54) is 0 Å². The molecular formula is C14H13NO2. The maximum Gasteiger partial charge on any atom is 0.150 e. The Labute approximate surface area is 99.8 Å². The summed E-state index contributed by atoms with van der Waals surface area (Å²) in [5.41, 5.74) is 9.07. The number of rotatable bonds is 3. The van der Waals surface area contributed by atoms with E-state index in [9.17, 15) is 4.79 Å². The lowest BCUT2D eigenvalue weighted by atomic mass is 10.0. The quantitative estimate of drug-likeness (QED) is 0.648. The van der Waals surface area contributed by atoms with Crippen molar-refractivity contribution in [3.8, 4) is 16.9 Å². The monoisotopic (exact) mass is 227 g/mol. The first-order valence-corrected chi connectivity index (χ1v) is 5.23. The average Bonchev–Trinajstić information content (AvgIpc) is 2.38. The van der Waals surface area contributed by atoms with Crippen LogP contribution in [0, 0.1) is 0 Å². The molecule has 17 heavy (non-hydrogen) atoms. The molecule has 0 fully saturated rings. The SMILES string of the molecule is COc1cc(N)cc(-c2ccc(C=O)cc2)c1. The van der Waals surface area contributed by atoms with Crippen molar-refractivity contribution < 1.29 is 9.53 Å². The normalized spacial score (nSPS) is 9.94. The summed E-state index contributed by atoms with van der Waals surface area (Å²) >= 11 is 0. The predicted molar refractivity (Wildman–Crippen MR) is 68.2 cm³/mol. The van der Waals surface area contributed by atoms with Gasteiger partial charge >= 0.3 is 0 Å². The van der Waals surface area contributed by atoms with Crippen LogP contribution in [0.2, 0.25) is 0 Å². The van der Waals surface area contributed by atoms with Gasteiger partial charge in [0.05, 0.1) is 7.11 Å². The third kappa shape index (κ3) is 2.45. The largest absolute Gasteiger partial charge is 0.497 e. The molecule has 2 rings (SSSR count). The van der Waals surface area contributed by atoms with Crippen molar-refractivity contribution >= 4 is 12.0 Å². The van der Waals surface area contributed by atoms with E-state index in [2.05, 4.69) is 0 Å². The second-order valence-electron chi connectivity index (χ2n) is 3.73. The summed E-state index contributed by atoms with van der Waals surface area (Å²) in [4.78, 5) is 10.6. The number of benzene rings is 2. The van der Waals surface area contributed by atoms with Crippen LogP contribution in [0.25, 0.3) is 11.1 Å². The highest BCUT2D eigenvalue weighted by Crippen LogP contribution is 2.27. The van der Waals surface area contributed by atoms with Crippen molar-refractivity contribution in [2.75, 3.05) is 12.8 Å². The maximum atomic E-state index is 10.6. The van der Waals surface area contributed by atoms with E-state index in [0.717, 1.165) is 23.2 Å². The zero-order valence-corrected chi connectivity index (χ0v) is 9.51. The fourth-order valence-electron chi connectivity index (χ4n) is 1.66. The highest BCUT2D eigenvalue weighted by molar-refractivity contribution is 5.77. The fraction of sp³-hybridized carbons (Fsp3) is 0.0714. The van der Waals surface area contributed by atoms with Gasteiger partial charge in [-0.05, 0) is 23.3 Å². The molecule has 0 spiro atoms. The summed E-state index contributed by atoms with van der Waals surface area (Å²) in [6.07, 6.45) is 0.823. The Morgan fingerprint density at radius 3 is 2.35 bits per heavy atom. The van der Waals surface area contributed by atoms with E-state index in [1.807, 2.05) is 24.3 Å². The van der Waals surface area contributed by atoms with Gasteiger partial charge in [0.1, 0.15) is 12.0 Å². The third-order valence-corrected chi connectivity index (χ3v) is 2.54. The Hall–Kier alpha value is -2.29. The number of hydrogen-bond donors (Lipinski definition) is 1. The molecule has 0 radical (unpaired) electrons. The minimum atomic E-state index is 0.652. The van der Waals surface area contributed by atoms with Crippen LogP contribution in [0.15, 0.2) is 42.5 Å². The lowest BCUT2D eigenvalue weighted by Crippen LogP contribution is -1.90. The number of carbonyl (C=O) groups is 1. The lowest BCUT2D eigenvalue weighted by Gasteiger charge is -2.07. The summed E-state index contributed by atoms with van der Waals surface area (Å²) in [5, 5.41) is 0. The van der Waals surface area contributed by atoms with Gasteiger partial charge in [-0.1, -0.05) is 24.3 Å². The molecule has 86 valence electrons. The number of methoxy groups -OCH3 is 1. The topological polar surface area (TPSA) is 52.3 Å². The standard InChI is InChI=1S/C14H13NO2/c1-17-14-7-12(6-13(15)8-14)11-4-2-10(9-16)3-5-11/h2-9H,15H2,1H3. The van der Waals surface area contributed by atoms with Crippen LogP contribution in [0.3, 0.4) is 0 Å². The van der Waals surface area contributed by atoms with Gasteiger partial charge in [0.15, 0.2) is 0 Å². The highest BCUT2D eigenvalue weighted by Gasteiger charge is 2.02. The minimum absolute atomic E-state index is 0.652. The number of hydrogen-bond acceptors (Lipinski definition) is 3. The highest BCUT2D eigenvalue weighted by atomic mass is 16.5. The maximum absolute atomic E-state index is 10.6. The van der Waals surface area contributed by atoms with Crippen molar-refractivity contribution in [3.05, 3.63) is 48.0 Å². The zero-order chi connectivity index (χ0) is 12.3. The molecule has 0 bridgehead atoms. The van der Waals surface area contributed by atoms with Gasteiger partial charge in [-0.15, -0.1) is 0 Å². The summed E-state index contributed by atoms with van der Waals surface area (Å²) in [5.74, 6) is 0.722. The van der Waals surface area contributed by atoms with E-state index >= 15 is 0 Å². The number of nitrogens with two attached hydrogens (primary N) is 1. The van der Waals surface area contributed by atoms with Crippen molar-refractivity contribution in [2.45, 2.75) is 0 Å². The Morgan fingerprint density at radius 2 is 1.76 bits per heavy atom. The molecule has 0 aliphatic rings. The Bertz CT molecular complexity index is 532. The molecule has 0 heterocycles. The second-order valence-corrected chi connectivity index (χ2v) is 3.73. The number of anilines is 1. The van der Waals surface area contributed by atoms with E-state index in [0.29, 0.717) is 11.3 Å². The number of carbonyl (C=O) groups excluding carboxylic acids is 1. The average molecular weight is 227 g/mol. The molecule has 3 nitrogen and oxygen atoms in total. The molecule has 2 N–H and O–H groups in total. The molecule has 2 aromatic carbocycles. The molecule has 0 saturated carbocycles. The molecule has 2 aromatic rings. The molecular weight excluding hydrogens is 214 g/mol. The lowest BCUT2D eigenvalue weighted by molar-refractivity contribution is 0.112. The van der Waals surface area contributed by atoms with Crippen LogP contribution in [-0.4, -0.2) is 13.4 Å². The zero-order valence-electron chi connectivity index (χ0n) is 9.51. The third-order valence-electron chi connectivity index (χ3n) is 2.54. The van der Waals surface area contributed by atoms with Crippen molar-refractivity contribution in [1.82, 2.24) is 0 Å². The summed E-state index contributed by atoms with van der Waals surface area (Å²) in [6.45, 7) is 0. The van der Waals surface area contributed by atoms with Gasteiger partial charge in [-0.2, -0.15) is 0 Å². The van der Waals surface area contributed by atoms with E-state index < -0.39 is 0 Å². The first-order valence-electron chi connectivity index (χ1n) is 5.23. The van der Waals surface area contributed by atoms with Crippen LogP contribution >= 0.6 is 0 Å². The molecule has 0 aliphatic carbocycles. The Morgan fingerprint density at radius 1 is 1.06 bits per heavy atom. The minimum Gasteiger partial charge on any atom is -0.497 e. The molecule has 0 unspecified atom stereocenters. The van der Waals surface area contributed by atoms with Crippen molar-refractivity contribution in [1.29, 1.82) is 0 Å². The number of ether oxygens (including phenoxy) is 1. The van der Waals surface area contributed by atoms with Gasteiger partial charge in [0, 0.05) is 17.3 Å². The summed E-state index contributed by atoms with van der Waals surface area (Å²) in [7, 11) is 1.61. The first kappa shape index (κ1) is 11.2. The van der Waals surface area contributed by atoms with Crippen molar-refractivity contribution in [3.63, 3.8) is 0 Å². The predicted octanol–water partition coefficient (Wildman–Crippen LogP) is 2.76. The van der Waals surface area contributed by atoms with Crippen LogP contribution in [0.4, 0.5) is 5.69 Å². The number of aldehydes is 1. The number of nitrogen functional groups attached to an aromatic ring is 1. The molecule has 0 saturated heterocycles. The van der Waals surface area contributed by atoms with E-state index in [4.69, 9.17) is 10.5 Å². The second kappa shape index (κ2) is 4.70. The molecule has 0 aliphatic heterocycles. The van der Waals surface area contributed by atoms with Crippen LogP contribution < -0.4 is 10.5 Å². The Kier molecular flexibility index (Phi) is 3.10. The van der Waals surface area contributed by atoms with Gasteiger partial charge in [-0.25, -0.2) is 0 Å². The fourth-order valence-corrected chi connectivity index (χ4v) is 1.66. The molecule has 0 aromatic heterocycles. The van der Waals surface area contributed by atoms with Gasteiger partial charge < -0.3 is 10.5 Å². The van der Waals surface area contributed by atoms with Crippen molar-refractivity contribution in [2.24, 2.45) is 0 Å². The Balaban J connectivity index is 2.44. The van der Waals surface area contributed by atoms with Gasteiger partial charge in [0.2, 0.25) is 0 Å². The smallest absolute Gasteiger partial charge is 0.150 e. The van der Waals surface area contributed by atoms with Crippen LogP contribution in [0.1, 0.15) is 10.4 Å². The van der Waals surface area contributed by atoms with E-state index in [-0.39, 0.29) is 0 Å². The van der Waals surface area contributed by atoms with Gasteiger partial charge in [-0.3, -0.25) is 4.79 Å². The van der Waals surface area contributed by atoms with Gasteiger partial charge in [0.25, 0.3) is 0 Å². The first-order chi connectivity index (χ1) is 8.22. The summed E-state index contributed by atoms with van der Waals surface area (Å²) < 4.78 is 5.17. The van der Waals surface area contributed by atoms with Crippen LogP contribution in [0.5, 0.6) is 5.75 Å². The van der Waals surface area contributed by atoms with E-state index in [1.54, 1.807) is 25.3 Å². The van der Waals surface area contributed by atoms with Crippen LogP contribution in [-0.2, 0) is 0 Å². The molecule has 0 atom stereocenters. The summed E-state index contributed by atoms with van der Waals surface area (Å²) in [6, 6.07) is 12.9. The molecule has 0 amide bonds.